The van der Waals surface area contributed by atoms with Crippen LogP contribution in [0.5, 0.6) is 11.6 Å². The lowest BCUT2D eigenvalue weighted by molar-refractivity contribution is -0.0498. The Labute approximate surface area is 217 Å². The van der Waals surface area contributed by atoms with E-state index < -0.39 is 6.61 Å². The van der Waals surface area contributed by atoms with E-state index in [2.05, 4.69) is 9.72 Å². The number of halogens is 2. The van der Waals surface area contributed by atoms with Crippen LogP contribution in [0, 0.1) is 0 Å². The fourth-order valence-corrected chi connectivity index (χ4v) is 4.64. The molecule has 10 heteroatoms. The lowest BCUT2D eigenvalue weighted by Gasteiger charge is -2.15. The molecule has 0 aliphatic carbocycles. The zero-order chi connectivity index (χ0) is 26.6. The first-order valence-corrected chi connectivity index (χ1v) is 12.5. The summed E-state index contributed by atoms with van der Waals surface area (Å²) < 4.78 is 44.0. The van der Waals surface area contributed by atoms with E-state index in [1.807, 2.05) is 6.92 Å². The number of hydrogen-bond donors (Lipinski definition) is 0. The van der Waals surface area contributed by atoms with Crippen LogP contribution in [-0.4, -0.2) is 40.0 Å². The van der Waals surface area contributed by atoms with Crippen molar-refractivity contribution in [3.05, 3.63) is 81.5 Å². The van der Waals surface area contributed by atoms with Gasteiger partial charge in [0, 0.05) is 48.0 Å². The summed E-state index contributed by atoms with van der Waals surface area (Å²) in [6.45, 7) is 0.485. The van der Waals surface area contributed by atoms with Gasteiger partial charge >= 0.3 is 6.61 Å². The van der Waals surface area contributed by atoms with E-state index in [1.54, 1.807) is 35.0 Å². The zero-order valence-corrected chi connectivity index (χ0v) is 20.8. The SMILES string of the molecule is CCOc1ccc2cc(-c3ccc(=O)n(CCC4CCCO4)c3)c(=O)n(-c3ccc(OC(F)F)cc3)c2n1. The molecule has 1 aromatic carbocycles. The van der Waals surface area contributed by atoms with Crippen molar-refractivity contribution in [2.75, 3.05) is 13.2 Å². The second-order valence-electron chi connectivity index (χ2n) is 8.94. The summed E-state index contributed by atoms with van der Waals surface area (Å²) in [5.41, 5.74) is 1.15. The Bertz CT molecular complexity index is 1540. The molecule has 1 fully saturated rings. The third-order valence-electron chi connectivity index (χ3n) is 6.45. The topological polar surface area (TPSA) is 84.6 Å². The predicted octanol–water partition coefficient (Wildman–Crippen LogP) is 4.78. The Hall–Kier alpha value is -4.05. The molecule has 38 heavy (non-hydrogen) atoms. The van der Waals surface area contributed by atoms with Gasteiger partial charge in [0.05, 0.1) is 18.4 Å². The van der Waals surface area contributed by atoms with Crippen LogP contribution in [0.2, 0.25) is 0 Å². The molecule has 1 saturated heterocycles. The van der Waals surface area contributed by atoms with Crippen LogP contribution in [0.3, 0.4) is 0 Å². The Balaban J connectivity index is 1.61. The molecule has 0 spiro atoms. The lowest BCUT2D eigenvalue weighted by atomic mass is 10.1. The molecule has 0 N–H and O–H groups in total. The van der Waals surface area contributed by atoms with E-state index >= 15 is 0 Å². The molecule has 0 saturated carbocycles. The van der Waals surface area contributed by atoms with Crippen molar-refractivity contribution in [3.63, 3.8) is 0 Å². The molecule has 1 atom stereocenters. The van der Waals surface area contributed by atoms with Gasteiger partial charge in [0.25, 0.3) is 11.1 Å². The number of nitrogens with zero attached hydrogens (tertiary/aromatic N) is 3. The average molecular weight is 524 g/mol. The smallest absolute Gasteiger partial charge is 0.387 e. The van der Waals surface area contributed by atoms with Gasteiger partial charge in [0.2, 0.25) is 5.88 Å². The maximum atomic E-state index is 13.9. The normalized spacial score (nSPS) is 15.3. The second kappa shape index (κ2) is 11.1. The van der Waals surface area contributed by atoms with Gasteiger partial charge < -0.3 is 18.8 Å². The van der Waals surface area contributed by atoms with E-state index in [4.69, 9.17) is 9.47 Å². The Morgan fingerprint density at radius 1 is 1.11 bits per heavy atom. The first-order chi connectivity index (χ1) is 18.4. The molecule has 0 radical (unpaired) electrons. The zero-order valence-electron chi connectivity index (χ0n) is 20.8. The molecule has 8 nitrogen and oxygen atoms in total. The molecule has 1 aliphatic heterocycles. The Kier molecular flexibility index (Phi) is 7.50. The minimum atomic E-state index is -2.96. The van der Waals surface area contributed by atoms with Crippen molar-refractivity contribution in [3.8, 4) is 28.4 Å². The first kappa shape index (κ1) is 25.6. The van der Waals surface area contributed by atoms with Crippen LogP contribution in [0.4, 0.5) is 8.78 Å². The van der Waals surface area contributed by atoms with Gasteiger partial charge in [-0.25, -0.2) is 0 Å². The summed E-state index contributed by atoms with van der Waals surface area (Å²) in [4.78, 5) is 31.0. The number of ether oxygens (including phenoxy) is 3. The number of aromatic nitrogens is 3. The van der Waals surface area contributed by atoms with Crippen molar-refractivity contribution in [2.45, 2.75) is 45.4 Å². The van der Waals surface area contributed by atoms with E-state index in [1.165, 1.54) is 34.9 Å². The van der Waals surface area contributed by atoms with Crippen molar-refractivity contribution in [2.24, 2.45) is 0 Å². The van der Waals surface area contributed by atoms with Gasteiger partial charge in [-0.3, -0.25) is 14.2 Å². The Morgan fingerprint density at radius 2 is 1.92 bits per heavy atom. The van der Waals surface area contributed by atoms with E-state index in [0.29, 0.717) is 53.3 Å². The van der Waals surface area contributed by atoms with Gasteiger partial charge in [0.1, 0.15) is 5.75 Å². The summed E-state index contributed by atoms with van der Waals surface area (Å²) in [5, 5.41) is 0.660. The van der Waals surface area contributed by atoms with Gasteiger partial charge in [-0.15, -0.1) is 0 Å². The van der Waals surface area contributed by atoms with E-state index in [0.717, 1.165) is 19.4 Å². The van der Waals surface area contributed by atoms with Crippen LogP contribution < -0.4 is 20.6 Å². The minimum Gasteiger partial charge on any atom is -0.478 e. The molecule has 1 unspecified atom stereocenters. The molecular weight excluding hydrogens is 496 g/mol. The molecule has 5 rings (SSSR count). The number of rotatable bonds is 9. The third-order valence-corrected chi connectivity index (χ3v) is 6.45. The fourth-order valence-electron chi connectivity index (χ4n) is 4.64. The maximum Gasteiger partial charge on any atom is 0.387 e. The summed E-state index contributed by atoms with van der Waals surface area (Å²) in [6.07, 6.45) is 4.52. The van der Waals surface area contributed by atoms with E-state index in [9.17, 15) is 18.4 Å². The van der Waals surface area contributed by atoms with Crippen molar-refractivity contribution < 1.29 is 23.0 Å². The second-order valence-corrected chi connectivity index (χ2v) is 8.94. The number of aryl methyl sites for hydroxylation is 1. The van der Waals surface area contributed by atoms with Crippen molar-refractivity contribution >= 4 is 11.0 Å². The highest BCUT2D eigenvalue weighted by molar-refractivity contribution is 5.83. The lowest BCUT2D eigenvalue weighted by Crippen LogP contribution is -2.24. The third kappa shape index (κ3) is 5.45. The van der Waals surface area contributed by atoms with Gasteiger partial charge in [0.15, 0.2) is 5.65 Å². The highest BCUT2D eigenvalue weighted by Gasteiger charge is 2.18. The van der Waals surface area contributed by atoms with Gasteiger partial charge in [-0.2, -0.15) is 13.8 Å². The van der Waals surface area contributed by atoms with Crippen LogP contribution in [0.15, 0.2) is 70.4 Å². The standard InChI is InChI=1S/C28H27F2N3O5/c1-2-36-24-11-5-18-16-23(19-6-12-25(34)32(17-19)14-13-21-4-3-15-37-21)27(35)33(26(18)31-24)20-7-9-22(10-8-20)38-28(29)30/h5-12,16-17,21,28H,2-4,13-15H2,1H3. The molecule has 198 valence electrons. The summed E-state index contributed by atoms with van der Waals surface area (Å²) >= 11 is 0. The molecule has 0 bridgehead atoms. The summed E-state index contributed by atoms with van der Waals surface area (Å²) in [7, 11) is 0. The van der Waals surface area contributed by atoms with Crippen LogP contribution in [0.1, 0.15) is 26.2 Å². The summed E-state index contributed by atoms with van der Waals surface area (Å²) in [5.74, 6) is 0.319. The highest BCUT2D eigenvalue weighted by atomic mass is 19.3. The van der Waals surface area contributed by atoms with E-state index in [-0.39, 0.29) is 23.0 Å². The molecule has 4 heterocycles. The maximum absolute atomic E-state index is 13.9. The monoisotopic (exact) mass is 523 g/mol. The number of pyridine rings is 3. The predicted molar refractivity (Wildman–Crippen MR) is 138 cm³/mol. The van der Waals surface area contributed by atoms with Gasteiger partial charge in [-0.1, -0.05) is 0 Å². The van der Waals surface area contributed by atoms with Crippen LogP contribution >= 0.6 is 0 Å². The Morgan fingerprint density at radius 3 is 2.63 bits per heavy atom. The van der Waals surface area contributed by atoms with Crippen LogP contribution in [-0.2, 0) is 11.3 Å². The first-order valence-electron chi connectivity index (χ1n) is 12.5. The number of hydrogen-bond acceptors (Lipinski definition) is 6. The number of fused-ring (bicyclic) bond motifs is 1. The average Bonchev–Trinajstić information content (AvgIpc) is 3.42. The molecule has 1 aliphatic rings. The highest BCUT2D eigenvalue weighted by Crippen LogP contribution is 2.26. The number of alkyl halides is 2. The molecule has 4 aromatic rings. The molecule has 3 aromatic heterocycles. The molecular formula is C28H27F2N3O5. The van der Waals surface area contributed by atoms with Crippen molar-refractivity contribution in [1.29, 1.82) is 0 Å². The van der Waals surface area contributed by atoms with Gasteiger partial charge in [-0.05, 0) is 68.7 Å². The van der Waals surface area contributed by atoms with Crippen molar-refractivity contribution in [1.82, 2.24) is 14.1 Å². The van der Waals surface area contributed by atoms with Crippen LogP contribution in [0.25, 0.3) is 27.8 Å². The largest absolute Gasteiger partial charge is 0.478 e. The quantitative estimate of drug-likeness (QED) is 0.314. The number of benzene rings is 1. The minimum absolute atomic E-state index is 0.0291. The molecule has 0 amide bonds. The fraction of sp³-hybridized carbons (Fsp3) is 0.321. The summed E-state index contributed by atoms with van der Waals surface area (Å²) in [6, 6.07) is 14.1.